The van der Waals surface area contributed by atoms with Crippen LogP contribution in [0.25, 0.3) is 11.0 Å². The molecule has 0 unspecified atom stereocenters. The van der Waals surface area contributed by atoms with Gasteiger partial charge in [0.05, 0.1) is 17.6 Å². The number of nitrogens with zero attached hydrogens (tertiary/aromatic N) is 2. The highest BCUT2D eigenvalue weighted by molar-refractivity contribution is 5.95. The molecular weight excluding hydrogens is 286 g/mol. The first-order valence-electron chi connectivity index (χ1n) is 8.04. The minimum Gasteiger partial charge on any atom is -0.345 e. The van der Waals surface area contributed by atoms with Gasteiger partial charge in [-0.05, 0) is 43.5 Å². The highest BCUT2D eigenvalue weighted by Crippen LogP contribution is 2.38. The van der Waals surface area contributed by atoms with Gasteiger partial charge in [0.1, 0.15) is 5.82 Å². The number of amides is 1. The van der Waals surface area contributed by atoms with Crippen molar-refractivity contribution in [3.05, 3.63) is 65.5 Å². The van der Waals surface area contributed by atoms with Gasteiger partial charge in [0.15, 0.2) is 0 Å². The van der Waals surface area contributed by atoms with Crippen LogP contribution in [0.4, 0.5) is 0 Å². The molecule has 0 bridgehead atoms. The Labute approximate surface area is 135 Å². The number of rotatable bonds is 4. The molecule has 1 saturated carbocycles. The van der Waals surface area contributed by atoms with E-state index < -0.39 is 0 Å². The molecule has 0 atom stereocenters. The number of nitrogens with one attached hydrogen (secondary N) is 1. The molecule has 1 aliphatic rings. The van der Waals surface area contributed by atoms with E-state index in [9.17, 15) is 4.79 Å². The second-order valence-corrected chi connectivity index (χ2v) is 6.12. The number of fused-ring (bicyclic) bond motifs is 1. The van der Waals surface area contributed by atoms with Crippen molar-refractivity contribution in [3.63, 3.8) is 0 Å². The Hall–Kier alpha value is -2.62. The summed E-state index contributed by atoms with van der Waals surface area (Å²) in [5, 5.41) is 3.02. The molecule has 0 radical (unpaired) electrons. The van der Waals surface area contributed by atoms with E-state index in [1.54, 1.807) is 0 Å². The Morgan fingerprint density at radius 1 is 1.17 bits per heavy atom. The molecule has 116 valence electrons. The normalized spacial score (nSPS) is 14.1. The van der Waals surface area contributed by atoms with Gasteiger partial charge in [-0.2, -0.15) is 0 Å². The molecule has 1 fully saturated rings. The maximum atomic E-state index is 12.4. The summed E-state index contributed by atoms with van der Waals surface area (Å²) in [5.74, 6) is 0.896. The predicted octanol–water partition coefficient (Wildman–Crippen LogP) is 3.61. The van der Waals surface area contributed by atoms with Crippen LogP contribution in [0, 0.1) is 6.92 Å². The zero-order valence-corrected chi connectivity index (χ0v) is 13.1. The second-order valence-electron chi connectivity index (χ2n) is 6.12. The fraction of sp³-hybridized carbons (Fsp3) is 0.263. The molecule has 3 aromatic rings. The number of imidazole rings is 1. The Bertz CT molecular complexity index is 877. The van der Waals surface area contributed by atoms with Crippen molar-refractivity contribution in [1.29, 1.82) is 0 Å². The zero-order valence-electron chi connectivity index (χ0n) is 13.1. The Morgan fingerprint density at radius 3 is 2.70 bits per heavy atom. The van der Waals surface area contributed by atoms with Crippen molar-refractivity contribution in [3.8, 4) is 0 Å². The molecule has 1 aliphatic carbocycles. The molecule has 0 aliphatic heterocycles. The summed E-state index contributed by atoms with van der Waals surface area (Å²) >= 11 is 0. The maximum absolute atomic E-state index is 12.4. The fourth-order valence-corrected chi connectivity index (χ4v) is 3.04. The Balaban J connectivity index is 1.60. The Morgan fingerprint density at radius 2 is 1.91 bits per heavy atom. The van der Waals surface area contributed by atoms with Gasteiger partial charge < -0.3 is 9.88 Å². The van der Waals surface area contributed by atoms with E-state index in [-0.39, 0.29) is 5.91 Å². The lowest BCUT2D eigenvalue weighted by Gasteiger charge is -2.10. The number of carbonyl (C=O) groups is 1. The number of para-hydroxylation sites is 2. The molecule has 1 heterocycles. The zero-order chi connectivity index (χ0) is 15.8. The summed E-state index contributed by atoms with van der Waals surface area (Å²) in [4.78, 5) is 17.1. The lowest BCUT2D eigenvalue weighted by atomic mass is 10.1. The van der Waals surface area contributed by atoms with E-state index in [1.807, 2.05) is 49.4 Å². The summed E-state index contributed by atoms with van der Waals surface area (Å²) in [6.45, 7) is 2.41. The quantitative estimate of drug-likeness (QED) is 0.800. The third-order valence-electron chi connectivity index (χ3n) is 4.38. The van der Waals surface area contributed by atoms with Crippen molar-refractivity contribution in [2.75, 3.05) is 0 Å². The molecular formula is C19H19N3O. The van der Waals surface area contributed by atoms with Gasteiger partial charge in [0.2, 0.25) is 0 Å². The van der Waals surface area contributed by atoms with Crippen molar-refractivity contribution < 1.29 is 4.79 Å². The van der Waals surface area contributed by atoms with E-state index in [4.69, 9.17) is 4.98 Å². The molecule has 4 rings (SSSR count). The number of benzene rings is 2. The topological polar surface area (TPSA) is 46.9 Å². The first-order valence-corrected chi connectivity index (χ1v) is 8.04. The first-order chi connectivity index (χ1) is 11.2. The van der Waals surface area contributed by atoms with E-state index in [0.717, 1.165) is 28.0 Å². The van der Waals surface area contributed by atoms with Gasteiger partial charge >= 0.3 is 0 Å². The summed E-state index contributed by atoms with van der Waals surface area (Å²) in [7, 11) is 0. The molecule has 4 heteroatoms. The number of hydrogen-bond acceptors (Lipinski definition) is 2. The van der Waals surface area contributed by atoms with E-state index in [2.05, 4.69) is 16.0 Å². The lowest BCUT2D eigenvalue weighted by molar-refractivity contribution is 0.0949. The van der Waals surface area contributed by atoms with Crippen LogP contribution in [0.3, 0.4) is 0 Å². The monoisotopic (exact) mass is 305 g/mol. The van der Waals surface area contributed by atoms with E-state index in [0.29, 0.717) is 12.6 Å². The van der Waals surface area contributed by atoms with Crippen LogP contribution in [0.2, 0.25) is 0 Å². The van der Waals surface area contributed by atoms with Gasteiger partial charge in [-0.15, -0.1) is 0 Å². The van der Waals surface area contributed by atoms with Crippen molar-refractivity contribution >= 4 is 16.9 Å². The summed E-state index contributed by atoms with van der Waals surface area (Å²) < 4.78 is 2.29. The fourth-order valence-electron chi connectivity index (χ4n) is 3.04. The van der Waals surface area contributed by atoms with Gasteiger partial charge in [0.25, 0.3) is 5.91 Å². The maximum Gasteiger partial charge on any atom is 0.251 e. The van der Waals surface area contributed by atoms with Crippen LogP contribution in [-0.4, -0.2) is 15.5 Å². The molecule has 0 spiro atoms. The van der Waals surface area contributed by atoms with Crippen LogP contribution in [0.15, 0.2) is 48.5 Å². The van der Waals surface area contributed by atoms with Gasteiger partial charge in [0, 0.05) is 11.6 Å². The van der Waals surface area contributed by atoms with Crippen LogP contribution in [0.5, 0.6) is 0 Å². The lowest BCUT2D eigenvalue weighted by Crippen LogP contribution is -2.25. The number of hydrogen-bond donors (Lipinski definition) is 1. The highest BCUT2D eigenvalue weighted by Gasteiger charge is 2.28. The summed E-state index contributed by atoms with van der Waals surface area (Å²) in [5.41, 5.74) is 3.87. The largest absolute Gasteiger partial charge is 0.345 e. The molecule has 23 heavy (non-hydrogen) atoms. The predicted molar refractivity (Wildman–Crippen MR) is 90.4 cm³/mol. The van der Waals surface area contributed by atoms with Gasteiger partial charge in [-0.25, -0.2) is 4.98 Å². The number of aromatic nitrogens is 2. The minimum atomic E-state index is -0.0440. The third kappa shape index (κ3) is 2.61. The first kappa shape index (κ1) is 14.0. The molecule has 1 aromatic heterocycles. The van der Waals surface area contributed by atoms with E-state index >= 15 is 0 Å². The van der Waals surface area contributed by atoms with Crippen LogP contribution >= 0.6 is 0 Å². The van der Waals surface area contributed by atoms with Crippen molar-refractivity contribution in [1.82, 2.24) is 14.9 Å². The average Bonchev–Trinajstić information content (AvgIpc) is 3.33. The number of carbonyl (C=O) groups excluding carboxylic acids is 1. The second kappa shape index (κ2) is 5.54. The molecule has 1 N–H and O–H groups in total. The number of aryl methyl sites for hydroxylation is 1. The standard InChI is InChI=1S/C19H19N3O/c1-13-6-2-3-7-15(13)19(23)20-12-18-21-16-8-4-5-9-17(16)22(18)14-10-11-14/h2-9,14H,10-12H2,1H3,(H,20,23). The molecule has 4 nitrogen and oxygen atoms in total. The molecule has 1 amide bonds. The molecule has 2 aromatic carbocycles. The van der Waals surface area contributed by atoms with Crippen LogP contribution in [-0.2, 0) is 6.54 Å². The third-order valence-corrected chi connectivity index (χ3v) is 4.38. The van der Waals surface area contributed by atoms with Crippen molar-refractivity contribution in [2.24, 2.45) is 0 Å². The van der Waals surface area contributed by atoms with Crippen LogP contribution in [0.1, 0.15) is 40.6 Å². The highest BCUT2D eigenvalue weighted by atomic mass is 16.1. The minimum absolute atomic E-state index is 0.0440. The molecule has 0 saturated heterocycles. The summed E-state index contributed by atoms with van der Waals surface area (Å²) in [6.07, 6.45) is 2.39. The van der Waals surface area contributed by atoms with Crippen molar-refractivity contribution in [2.45, 2.75) is 32.4 Å². The van der Waals surface area contributed by atoms with Gasteiger partial charge in [-0.3, -0.25) is 4.79 Å². The SMILES string of the molecule is Cc1ccccc1C(=O)NCc1nc2ccccc2n1C1CC1. The average molecular weight is 305 g/mol. The summed E-state index contributed by atoms with van der Waals surface area (Å²) in [6, 6.07) is 16.4. The van der Waals surface area contributed by atoms with Crippen LogP contribution < -0.4 is 5.32 Å². The van der Waals surface area contributed by atoms with Gasteiger partial charge in [-0.1, -0.05) is 30.3 Å². The smallest absolute Gasteiger partial charge is 0.251 e. The van der Waals surface area contributed by atoms with E-state index in [1.165, 1.54) is 12.8 Å². The Kier molecular flexibility index (Phi) is 3.37.